The Morgan fingerprint density at radius 2 is 1.77 bits per heavy atom. The van der Waals surface area contributed by atoms with Crippen molar-refractivity contribution in [1.29, 1.82) is 0 Å². The van der Waals surface area contributed by atoms with Crippen LogP contribution in [0, 0.1) is 12.3 Å². The molecule has 0 aromatic carbocycles. The van der Waals surface area contributed by atoms with Crippen LogP contribution < -0.4 is 0 Å². The summed E-state index contributed by atoms with van der Waals surface area (Å²) in [5, 5.41) is 4.05. The van der Waals surface area contributed by atoms with Crippen molar-refractivity contribution in [2.24, 2.45) is 5.16 Å². The molecule has 0 bridgehead atoms. The summed E-state index contributed by atoms with van der Waals surface area (Å²) in [6.45, 7) is 0.295. The third kappa shape index (κ3) is 4.57. The Morgan fingerprint density at radius 3 is 2.38 bits per heavy atom. The Labute approximate surface area is 80.3 Å². The first-order valence-electron chi connectivity index (χ1n) is 5.04. The van der Waals surface area contributed by atoms with Gasteiger partial charge in [0.1, 0.15) is 0 Å². The predicted molar refractivity (Wildman–Crippen MR) is 54.5 cm³/mol. The summed E-state index contributed by atoms with van der Waals surface area (Å²) >= 11 is 0. The van der Waals surface area contributed by atoms with Gasteiger partial charge in [0.15, 0.2) is 6.61 Å². The maximum atomic E-state index is 5.06. The first-order valence-corrected chi connectivity index (χ1v) is 5.04. The van der Waals surface area contributed by atoms with Crippen molar-refractivity contribution in [1.82, 2.24) is 0 Å². The highest BCUT2D eigenvalue weighted by Gasteiger charge is 2.04. The normalized spacial score (nSPS) is 18.2. The molecule has 0 aliphatic heterocycles. The third-order valence-electron chi connectivity index (χ3n) is 2.27. The molecule has 13 heavy (non-hydrogen) atoms. The van der Waals surface area contributed by atoms with Crippen molar-refractivity contribution in [2.75, 3.05) is 6.61 Å². The average molecular weight is 179 g/mol. The van der Waals surface area contributed by atoms with Crippen LogP contribution >= 0.6 is 0 Å². The Kier molecular flexibility index (Phi) is 5.08. The first kappa shape index (κ1) is 10.1. The molecule has 0 amide bonds. The topological polar surface area (TPSA) is 21.6 Å². The number of hydrogen-bond donors (Lipinski definition) is 0. The van der Waals surface area contributed by atoms with Crippen LogP contribution in [-0.2, 0) is 4.84 Å². The summed E-state index contributed by atoms with van der Waals surface area (Å²) in [5.74, 6) is 2.41. The molecule has 1 fully saturated rings. The summed E-state index contributed by atoms with van der Waals surface area (Å²) in [7, 11) is 0. The van der Waals surface area contributed by atoms with E-state index in [0.29, 0.717) is 6.61 Å². The van der Waals surface area contributed by atoms with Gasteiger partial charge in [-0.2, -0.15) is 0 Å². The highest BCUT2D eigenvalue weighted by Crippen LogP contribution is 2.14. The van der Waals surface area contributed by atoms with Gasteiger partial charge in [0, 0.05) is 0 Å². The second-order valence-electron chi connectivity index (χ2n) is 3.40. The second-order valence-corrected chi connectivity index (χ2v) is 3.40. The van der Waals surface area contributed by atoms with Gasteiger partial charge in [-0.3, -0.25) is 0 Å². The Balaban J connectivity index is 2.28. The minimum atomic E-state index is 0.295. The fourth-order valence-electron chi connectivity index (χ4n) is 1.57. The van der Waals surface area contributed by atoms with Crippen LogP contribution in [0.25, 0.3) is 0 Å². The molecule has 0 saturated heterocycles. The van der Waals surface area contributed by atoms with Crippen molar-refractivity contribution in [2.45, 2.75) is 44.9 Å². The lowest BCUT2D eigenvalue weighted by atomic mass is 9.99. The van der Waals surface area contributed by atoms with E-state index in [4.69, 9.17) is 11.3 Å². The molecule has 1 rings (SSSR count). The zero-order valence-corrected chi connectivity index (χ0v) is 8.09. The molecule has 72 valence electrons. The van der Waals surface area contributed by atoms with E-state index in [-0.39, 0.29) is 0 Å². The molecule has 0 aromatic rings. The van der Waals surface area contributed by atoms with E-state index >= 15 is 0 Å². The second kappa shape index (κ2) is 6.54. The van der Waals surface area contributed by atoms with Crippen LogP contribution in [0.1, 0.15) is 44.9 Å². The van der Waals surface area contributed by atoms with Crippen LogP contribution in [0.5, 0.6) is 0 Å². The predicted octanol–water partition coefficient (Wildman–Crippen LogP) is 2.74. The lowest BCUT2D eigenvalue weighted by Crippen LogP contribution is -2.03. The average Bonchev–Trinajstić information content (AvgIpc) is 2.08. The number of rotatable bonds is 2. The molecule has 0 N–H and O–H groups in total. The number of nitrogens with zero attached hydrogens (tertiary/aromatic N) is 1. The highest BCUT2D eigenvalue weighted by molar-refractivity contribution is 5.83. The number of terminal acetylenes is 1. The van der Waals surface area contributed by atoms with Gasteiger partial charge < -0.3 is 4.84 Å². The maximum Gasteiger partial charge on any atom is 0.177 e. The summed E-state index contributed by atoms with van der Waals surface area (Å²) in [4.78, 5) is 4.97. The minimum absolute atomic E-state index is 0.295. The van der Waals surface area contributed by atoms with Crippen molar-refractivity contribution in [3.63, 3.8) is 0 Å². The molecule has 2 heteroatoms. The molecule has 0 spiro atoms. The Bertz CT molecular complexity index is 193. The minimum Gasteiger partial charge on any atom is -0.383 e. The van der Waals surface area contributed by atoms with Gasteiger partial charge >= 0.3 is 0 Å². The molecule has 0 unspecified atom stereocenters. The lowest BCUT2D eigenvalue weighted by Gasteiger charge is -2.09. The Hall–Kier alpha value is -0.970. The highest BCUT2D eigenvalue weighted by atomic mass is 16.6. The van der Waals surface area contributed by atoms with Crippen molar-refractivity contribution >= 4 is 5.71 Å². The quantitative estimate of drug-likeness (QED) is 0.363. The molecular weight excluding hydrogens is 162 g/mol. The number of hydrogen-bond acceptors (Lipinski definition) is 2. The van der Waals surface area contributed by atoms with E-state index in [1.165, 1.54) is 37.8 Å². The van der Waals surface area contributed by atoms with E-state index in [0.717, 1.165) is 12.8 Å². The zero-order valence-electron chi connectivity index (χ0n) is 8.09. The van der Waals surface area contributed by atoms with E-state index in [1.807, 2.05) is 0 Å². The van der Waals surface area contributed by atoms with Crippen LogP contribution in [-0.4, -0.2) is 12.3 Å². The van der Waals surface area contributed by atoms with Gasteiger partial charge in [0.2, 0.25) is 0 Å². The molecular formula is C11H17NO. The Morgan fingerprint density at radius 1 is 1.15 bits per heavy atom. The van der Waals surface area contributed by atoms with Crippen molar-refractivity contribution in [3.8, 4) is 12.3 Å². The van der Waals surface area contributed by atoms with Crippen LogP contribution in [0.2, 0.25) is 0 Å². The van der Waals surface area contributed by atoms with Gasteiger partial charge in [-0.05, 0) is 25.7 Å². The van der Waals surface area contributed by atoms with Crippen molar-refractivity contribution in [3.05, 3.63) is 0 Å². The van der Waals surface area contributed by atoms with Crippen LogP contribution in [0.15, 0.2) is 5.16 Å². The maximum absolute atomic E-state index is 5.06. The fraction of sp³-hybridized carbons (Fsp3) is 0.727. The largest absolute Gasteiger partial charge is 0.383 e. The molecule has 0 aromatic heterocycles. The van der Waals surface area contributed by atoms with Gasteiger partial charge in [0.05, 0.1) is 5.71 Å². The molecule has 1 saturated carbocycles. The molecule has 1 aliphatic carbocycles. The van der Waals surface area contributed by atoms with Gasteiger partial charge in [-0.25, -0.2) is 0 Å². The van der Waals surface area contributed by atoms with E-state index in [9.17, 15) is 0 Å². The molecule has 0 radical (unpaired) electrons. The molecule has 2 nitrogen and oxygen atoms in total. The molecule has 1 aliphatic rings. The summed E-state index contributed by atoms with van der Waals surface area (Å²) in [6, 6.07) is 0. The molecule has 0 atom stereocenters. The van der Waals surface area contributed by atoms with Gasteiger partial charge in [-0.15, -0.1) is 6.42 Å². The van der Waals surface area contributed by atoms with Gasteiger partial charge in [-0.1, -0.05) is 30.3 Å². The summed E-state index contributed by atoms with van der Waals surface area (Å²) < 4.78 is 0. The fourth-order valence-corrected chi connectivity index (χ4v) is 1.57. The van der Waals surface area contributed by atoms with Gasteiger partial charge in [0.25, 0.3) is 0 Å². The van der Waals surface area contributed by atoms with E-state index in [2.05, 4.69) is 11.1 Å². The van der Waals surface area contributed by atoms with E-state index in [1.54, 1.807) is 0 Å². The smallest absolute Gasteiger partial charge is 0.177 e. The monoisotopic (exact) mass is 179 g/mol. The zero-order chi connectivity index (χ0) is 9.36. The first-order chi connectivity index (χ1) is 6.43. The standard InChI is InChI=1S/C11H17NO/c1-2-10-13-12-11-8-6-4-3-5-7-9-11/h1H,3-10H2. The number of oxime groups is 1. The van der Waals surface area contributed by atoms with Crippen LogP contribution in [0.4, 0.5) is 0 Å². The van der Waals surface area contributed by atoms with E-state index < -0.39 is 0 Å². The third-order valence-corrected chi connectivity index (χ3v) is 2.27. The summed E-state index contributed by atoms with van der Waals surface area (Å²) in [5.41, 5.74) is 1.19. The lowest BCUT2D eigenvalue weighted by molar-refractivity contribution is 0.178. The SMILES string of the molecule is C#CCON=C1CCCCCCC1. The summed E-state index contributed by atoms with van der Waals surface area (Å²) in [6.07, 6.45) is 13.8. The molecule has 0 heterocycles. The van der Waals surface area contributed by atoms with Crippen LogP contribution in [0.3, 0.4) is 0 Å². The van der Waals surface area contributed by atoms with Crippen molar-refractivity contribution < 1.29 is 4.84 Å².